The molecule has 0 aliphatic carbocycles. The van der Waals surface area contributed by atoms with Crippen LogP contribution in [0.5, 0.6) is 5.75 Å². The molecule has 1 aliphatic rings. The predicted molar refractivity (Wildman–Crippen MR) is 114 cm³/mol. The lowest BCUT2D eigenvalue weighted by atomic mass is 10.1. The number of aryl methyl sites for hydroxylation is 2. The quantitative estimate of drug-likeness (QED) is 0.704. The Kier molecular flexibility index (Phi) is 8.58. The van der Waals surface area contributed by atoms with Gasteiger partial charge in [0, 0.05) is 24.1 Å². The van der Waals surface area contributed by atoms with E-state index in [1.165, 1.54) is 0 Å². The molecule has 2 aromatic rings. The number of morpholine rings is 1. The molecule has 6 heteroatoms. The summed E-state index contributed by atoms with van der Waals surface area (Å²) in [5, 5.41) is 10.4. The summed E-state index contributed by atoms with van der Waals surface area (Å²) in [6.07, 6.45) is -0.497. The van der Waals surface area contributed by atoms with Gasteiger partial charge in [0.2, 0.25) is 0 Å². The number of hydrogen-bond acceptors (Lipinski definition) is 4. The highest BCUT2D eigenvalue weighted by Gasteiger charge is 2.24. The lowest BCUT2D eigenvalue weighted by Crippen LogP contribution is -2.43. The van der Waals surface area contributed by atoms with Crippen molar-refractivity contribution in [2.75, 3.05) is 32.8 Å². The molecule has 148 valence electrons. The molecule has 2 aromatic carbocycles. The van der Waals surface area contributed by atoms with Crippen molar-refractivity contribution in [2.24, 2.45) is 0 Å². The van der Waals surface area contributed by atoms with Crippen LogP contribution in [0.4, 0.5) is 0 Å². The number of para-hydroxylation sites is 1. The molecule has 1 fully saturated rings. The molecule has 0 amide bonds. The maximum Gasteiger partial charge on any atom is 0.125 e. The van der Waals surface area contributed by atoms with E-state index in [2.05, 4.69) is 33.0 Å². The molecule has 27 heavy (non-hydrogen) atoms. The minimum absolute atomic E-state index is 0. The lowest BCUT2D eigenvalue weighted by Gasteiger charge is -2.34. The fourth-order valence-electron chi connectivity index (χ4n) is 3.33. The molecule has 1 aliphatic heterocycles. The summed E-state index contributed by atoms with van der Waals surface area (Å²) < 4.78 is 12.9. The van der Waals surface area contributed by atoms with Gasteiger partial charge in [0.25, 0.3) is 0 Å². The lowest BCUT2D eigenvalue weighted by molar-refractivity contribution is -0.0460. The Hall–Kier alpha value is -1.11. The zero-order valence-electron chi connectivity index (χ0n) is 15.7. The average molecular weight is 457 g/mol. The van der Waals surface area contributed by atoms with Gasteiger partial charge >= 0.3 is 0 Å². The van der Waals surface area contributed by atoms with Gasteiger partial charge in [0.1, 0.15) is 18.5 Å². The molecule has 2 atom stereocenters. The van der Waals surface area contributed by atoms with Crippen LogP contribution in [0.1, 0.15) is 22.8 Å². The SMILES string of the molecule is Cc1cccc(C)c1OCC(O)CN1CCOC(c2cccc(Br)c2)C1.Cl. The number of hydrogen-bond donors (Lipinski definition) is 1. The molecule has 0 radical (unpaired) electrons. The molecule has 0 aromatic heterocycles. The molecular formula is C21H27BrClNO3. The normalized spacial score (nSPS) is 18.6. The van der Waals surface area contributed by atoms with Crippen molar-refractivity contribution < 1.29 is 14.6 Å². The van der Waals surface area contributed by atoms with E-state index in [-0.39, 0.29) is 18.5 Å². The van der Waals surface area contributed by atoms with Crippen LogP contribution >= 0.6 is 28.3 Å². The third kappa shape index (κ3) is 6.19. The van der Waals surface area contributed by atoms with Crippen LogP contribution in [-0.4, -0.2) is 49.0 Å². The van der Waals surface area contributed by atoms with E-state index in [0.717, 1.165) is 40.0 Å². The van der Waals surface area contributed by atoms with Crippen LogP contribution in [0.2, 0.25) is 0 Å². The second-order valence-electron chi connectivity index (χ2n) is 6.86. The molecule has 1 N–H and O–H groups in total. The van der Waals surface area contributed by atoms with Gasteiger partial charge in [-0.05, 0) is 42.7 Å². The van der Waals surface area contributed by atoms with Gasteiger partial charge in [0.15, 0.2) is 0 Å². The smallest absolute Gasteiger partial charge is 0.125 e. The average Bonchev–Trinajstić information content (AvgIpc) is 2.61. The highest BCUT2D eigenvalue weighted by atomic mass is 79.9. The summed E-state index contributed by atoms with van der Waals surface area (Å²) in [5.41, 5.74) is 3.35. The topological polar surface area (TPSA) is 41.9 Å². The Labute approximate surface area is 176 Å². The zero-order chi connectivity index (χ0) is 18.5. The first kappa shape index (κ1) is 22.2. The summed E-state index contributed by atoms with van der Waals surface area (Å²) in [4.78, 5) is 2.24. The van der Waals surface area contributed by atoms with Gasteiger partial charge < -0.3 is 14.6 Å². The largest absolute Gasteiger partial charge is 0.490 e. The summed E-state index contributed by atoms with van der Waals surface area (Å²) in [6, 6.07) is 14.3. The Morgan fingerprint density at radius 2 is 1.93 bits per heavy atom. The first-order valence-electron chi connectivity index (χ1n) is 8.99. The molecule has 0 spiro atoms. The number of nitrogens with zero attached hydrogens (tertiary/aromatic N) is 1. The number of ether oxygens (including phenoxy) is 2. The molecule has 4 nitrogen and oxygen atoms in total. The maximum atomic E-state index is 10.4. The third-order valence-electron chi connectivity index (χ3n) is 4.67. The van der Waals surface area contributed by atoms with Crippen molar-refractivity contribution in [3.8, 4) is 5.75 Å². The summed E-state index contributed by atoms with van der Waals surface area (Å²) in [7, 11) is 0. The highest BCUT2D eigenvalue weighted by molar-refractivity contribution is 9.10. The Balaban J connectivity index is 0.00000261. The van der Waals surface area contributed by atoms with E-state index < -0.39 is 6.10 Å². The third-order valence-corrected chi connectivity index (χ3v) is 5.16. The molecule has 1 heterocycles. The van der Waals surface area contributed by atoms with Crippen LogP contribution in [0.25, 0.3) is 0 Å². The molecule has 0 bridgehead atoms. The van der Waals surface area contributed by atoms with E-state index in [1.807, 2.05) is 44.2 Å². The second kappa shape index (κ2) is 10.4. The van der Waals surface area contributed by atoms with Crippen LogP contribution in [0.3, 0.4) is 0 Å². The fraction of sp³-hybridized carbons (Fsp3) is 0.429. The van der Waals surface area contributed by atoms with Gasteiger partial charge in [-0.25, -0.2) is 0 Å². The van der Waals surface area contributed by atoms with E-state index in [4.69, 9.17) is 9.47 Å². The Morgan fingerprint density at radius 1 is 1.22 bits per heavy atom. The second-order valence-corrected chi connectivity index (χ2v) is 7.78. The summed E-state index contributed by atoms with van der Waals surface area (Å²) in [6.45, 7) is 7.20. The van der Waals surface area contributed by atoms with Gasteiger partial charge in [-0.2, -0.15) is 0 Å². The van der Waals surface area contributed by atoms with Gasteiger partial charge in [-0.1, -0.05) is 46.3 Å². The Bertz CT molecular complexity index is 723. The van der Waals surface area contributed by atoms with Gasteiger partial charge in [0.05, 0.1) is 12.7 Å². The molecule has 1 saturated heterocycles. The highest BCUT2D eigenvalue weighted by Crippen LogP contribution is 2.25. The first-order chi connectivity index (χ1) is 12.5. The predicted octanol–water partition coefficient (Wildman–Crippen LogP) is 4.30. The number of aliphatic hydroxyl groups is 1. The van der Waals surface area contributed by atoms with E-state index in [9.17, 15) is 5.11 Å². The van der Waals surface area contributed by atoms with Crippen molar-refractivity contribution in [1.82, 2.24) is 4.90 Å². The minimum atomic E-state index is -0.532. The van der Waals surface area contributed by atoms with Crippen molar-refractivity contribution in [3.05, 3.63) is 63.6 Å². The number of β-amino-alcohol motifs (C(OH)–C–C–N with tert-alkyl or cyclic N) is 1. The molecule has 0 saturated carbocycles. The van der Waals surface area contributed by atoms with Crippen LogP contribution in [0.15, 0.2) is 46.9 Å². The van der Waals surface area contributed by atoms with Crippen molar-refractivity contribution in [2.45, 2.75) is 26.1 Å². The van der Waals surface area contributed by atoms with Crippen molar-refractivity contribution in [3.63, 3.8) is 0 Å². The van der Waals surface area contributed by atoms with Crippen molar-refractivity contribution in [1.29, 1.82) is 0 Å². The van der Waals surface area contributed by atoms with Gasteiger partial charge in [-0.3, -0.25) is 4.90 Å². The first-order valence-corrected chi connectivity index (χ1v) is 9.78. The standard InChI is InChI=1S/C21H26BrNO3.ClH/c1-15-5-3-6-16(2)21(15)26-14-19(24)12-23-9-10-25-20(13-23)17-7-4-8-18(22)11-17;/h3-8,11,19-20,24H,9-10,12-14H2,1-2H3;1H. The molecule has 2 unspecified atom stereocenters. The van der Waals surface area contributed by atoms with E-state index in [1.54, 1.807) is 0 Å². The van der Waals surface area contributed by atoms with Crippen LogP contribution < -0.4 is 4.74 Å². The van der Waals surface area contributed by atoms with E-state index >= 15 is 0 Å². The maximum absolute atomic E-state index is 10.4. The van der Waals surface area contributed by atoms with E-state index in [0.29, 0.717) is 19.8 Å². The molecular weight excluding hydrogens is 430 g/mol. The zero-order valence-corrected chi connectivity index (χ0v) is 18.1. The monoisotopic (exact) mass is 455 g/mol. The number of halogens is 2. The van der Waals surface area contributed by atoms with Crippen molar-refractivity contribution >= 4 is 28.3 Å². The summed E-state index contributed by atoms with van der Waals surface area (Å²) in [5.74, 6) is 0.875. The Morgan fingerprint density at radius 3 is 2.63 bits per heavy atom. The number of benzene rings is 2. The minimum Gasteiger partial charge on any atom is -0.490 e. The number of aliphatic hydroxyl groups excluding tert-OH is 1. The van der Waals surface area contributed by atoms with Crippen LogP contribution in [0, 0.1) is 13.8 Å². The summed E-state index contributed by atoms with van der Waals surface area (Å²) >= 11 is 3.51. The molecule has 3 rings (SSSR count). The van der Waals surface area contributed by atoms with Crippen LogP contribution in [-0.2, 0) is 4.74 Å². The van der Waals surface area contributed by atoms with Gasteiger partial charge in [-0.15, -0.1) is 12.4 Å². The fourth-order valence-corrected chi connectivity index (χ4v) is 3.75. The number of rotatable bonds is 6.